The Labute approximate surface area is 96.2 Å². The van der Waals surface area contributed by atoms with Gasteiger partial charge in [-0.15, -0.1) is 0 Å². The number of halogens is 2. The fraction of sp³-hybridized carbons (Fsp3) is 0.889. The Hall–Kier alpha value is -0.990. The molecule has 98 valence electrons. The molecular formula is C9H14F2N2O4. The molecule has 2 aliphatic heterocycles. The van der Waals surface area contributed by atoms with Crippen molar-refractivity contribution in [3.8, 4) is 0 Å². The summed E-state index contributed by atoms with van der Waals surface area (Å²) in [6, 6.07) is -0.785. The number of hydrogen-bond donors (Lipinski definition) is 3. The van der Waals surface area contributed by atoms with Crippen LogP contribution in [0, 0.1) is 0 Å². The van der Waals surface area contributed by atoms with Crippen molar-refractivity contribution in [2.45, 2.75) is 37.3 Å². The van der Waals surface area contributed by atoms with E-state index in [1.165, 1.54) is 0 Å². The van der Waals surface area contributed by atoms with Crippen LogP contribution in [-0.4, -0.2) is 58.8 Å². The quantitative estimate of drug-likeness (QED) is 0.616. The summed E-state index contributed by atoms with van der Waals surface area (Å²) in [7, 11) is 0. The Morgan fingerprint density at radius 1 is 1.59 bits per heavy atom. The minimum atomic E-state index is -3.19. The van der Waals surface area contributed by atoms with Gasteiger partial charge in [0.25, 0.3) is 5.92 Å². The van der Waals surface area contributed by atoms with Crippen molar-refractivity contribution < 1.29 is 28.5 Å². The average molecular weight is 252 g/mol. The summed E-state index contributed by atoms with van der Waals surface area (Å²) in [6.07, 6.45) is -4.10. The van der Waals surface area contributed by atoms with E-state index in [0.717, 1.165) is 4.90 Å². The van der Waals surface area contributed by atoms with Crippen LogP contribution in [0.4, 0.5) is 13.6 Å². The molecule has 0 aromatic heterocycles. The van der Waals surface area contributed by atoms with Gasteiger partial charge in [-0.05, 0) is 0 Å². The lowest BCUT2D eigenvalue weighted by Crippen LogP contribution is -2.58. The monoisotopic (exact) mass is 252 g/mol. The van der Waals surface area contributed by atoms with Gasteiger partial charge in [-0.3, -0.25) is 4.90 Å². The standard InChI is InChI=1S/C9H14F2N2O4/c10-9(11)3-5(4-14)17-7(9)13-2-1-6(15)12-8(13)16/h5-7,14-15H,1-4H2,(H,12,16)/t5-,6?,7+/m0/s1. The number of aliphatic hydroxyl groups excluding tert-OH is 2. The minimum absolute atomic E-state index is 0.00853. The Bertz CT molecular complexity index is 315. The van der Waals surface area contributed by atoms with E-state index in [2.05, 4.69) is 5.32 Å². The summed E-state index contributed by atoms with van der Waals surface area (Å²) in [5, 5.41) is 20.1. The van der Waals surface area contributed by atoms with Gasteiger partial charge in [0, 0.05) is 19.4 Å². The number of nitrogens with zero attached hydrogens (tertiary/aromatic N) is 1. The molecule has 0 radical (unpaired) electrons. The van der Waals surface area contributed by atoms with Crippen LogP contribution < -0.4 is 5.32 Å². The van der Waals surface area contributed by atoms with Crippen molar-refractivity contribution >= 4 is 6.03 Å². The van der Waals surface area contributed by atoms with Gasteiger partial charge in [0.15, 0.2) is 6.23 Å². The number of alkyl halides is 2. The SMILES string of the molecule is O=C1NC(O)CCN1[C@@H]1O[C@H](CO)CC1(F)F. The zero-order valence-electron chi connectivity index (χ0n) is 8.97. The second kappa shape index (κ2) is 4.35. The van der Waals surface area contributed by atoms with Crippen LogP contribution in [0.3, 0.4) is 0 Å². The molecule has 2 fully saturated rings. The first-order valence-electron chi connectivity index (χ1n) is 5.33. The van der Waals surface area contributed by atoms with Crippen molar-refractivity contribution in [2.75, 3.05) is 13.2 Å². The molecule has 3 atom stereocenters. The fourth-order valence-electron chi connectivity index (χ4n) is 2.03. The Morgan fingerprint density at radius 3 is 2.82 bits per heavy atom. The maximum atomic E-state index is 13.6. The molecule has 0 saturated carbocycles. The number of amides is 2. The number of carbonyl (C=O) groups excluding carboxylic acids is 1. The van der Waals surface area contributed by atoms with Crippen LogP contribution in [0.1, 0.15) is 12.8 Å². The number of rotatable bonds is 2. The Kier molecular flexibility index (Phi) is 3.19. The second-order valence-corrected chi connectivity index (χ2v) is 4.21. The summed E-state index contributed by atoms with van der Waals surface area (Å²) < 4.78 is 32.1. The minimum Gasteiger partial charge on any atom is -0.394 e. The van der Waals surface area contributed by atoms with Crippen LogP contribution in [0.2, 0.25) is 0 Å². The van der Waals surface area contributed by atoms with E-state index in [1.807, 2.05) is 0 Å². The lowest BCUT2D eigenvalue weighted by atomic mass is 10.1. The summed E-state index contributed by atoms with van der Waals surface area (Å²) in [5.74, 6) is -3.19. The van der Waals surface area contributed by atoms with Crippen LogP contribution in [0.5, 0.6) is 0 Å². The molecule has 8 heteroatoms. The highest BCUT2D eigenvalue weighted by molar-refractivity contribution is 5.75. The zero-order chi connectivity index (χ0) is 12.6. The molecule has 0 aromatic rings. The van der Waals surface area contributed by atoms with Crippen LogP contribution in [-0.2, 0) is 4.74 Å². The lowest BCUT2D eigenvalue weighted by Gasteiger charge is -2.36. The molecule has 2 amide bonds. The number of urea groups is 1. The fourth-order valence-corrected chi connectivity index (χ4v) is 2.03. The topological polar surface area (TPSA) is 82.0 Å². The van der Waals surface area contributed by atoms with E-state index in [-0.39, 0.29) is 13.0 Å². The maximum Gasteiger partial charge on any atom is 0.321 e. The summed E-state index contributed by atoms with van der Waals surface area (Å²) in [5.41, 5.74) is 0. The Morgan fingerprint density at radius 2 is 2.29 bits per heavy atom. The van der Waals surface area contributed by atoms with Gasteiger partial charge in [-0.2, -0.15) is 0 Å². The Balaban J connectivity index is 2.09. The summed E-state index contributed by atoms with van der Waals surface area (Å²) in [4.78, 5) is 12.3. The first-order chi connectivity index (χ1) is 7.94. The number of carbonyl (C=O) groups is 1. The number of aliphatic hydroxyl groups is 2. The molecule has 0 aromatic carbocycles. The smallest absolute Gasteiger partial charge is 0.321 e. The number of hydrogen-bond acceptors (Lipinski definition) is 4. The molecular weight excluding hydrogens is 238 g/mol. The molecule has 1 unspecified atom stereocenters. The van der Waals surface area contributed by atoms with Crippen molar-refractivity contribution in [1.29, 1.82) is 0 Å². The maximum absolute atomic E-state index is 13.6. The van der Waals surface area contributed by atoms with E-state index in [1.54, 1.807) is 0 Å². The third-order valence-electron chi connectivity index (χ3n) is 2.86. The van der Waals surface area contributed by atoms with E-state index >= 15 is 0 Å². The third-order valence-corrected chi connectivity index (χ3v) is 2.86. The van der Waals surface area contributed by atoms with Gasteiger partial charge in [-0.25, -0.2) is 13.6 Å². The van der Waals surface area contributed by atoms with Crippen molar-refractivity contribution in [1.82, 2.24) is 10.2 Å². The van der Waals surface area contributed by atoms with Crippen molar-refractivity contribution in [2.24, 2.45) is 0 Å². The number of ether oxygens (including phenoxy) is 1. The van der Waals surface area contributed by atoms with Gasteiger partial charge in [-0.1, -0.05) is 0 Å². The van der Waals surface area contributed by atoms with Crippen molar-refractivity contribution in [3.05, 3.63) is 0 Å². The molecule has 6 nitrogen and oxygen atoms in total. The van der Waals surface area contributed by atoms with Gasteiger partial charge in [0.05, 0.1) is 12.7 Å². The normalized spacial score (nSPS) is 37.1. The summed E-state index contributed by atoms with van der Waals surface area (Å²) >= 11 is 0. The van der Waals surface area contributed by atoms with Crippen LogP contribution in [0.25, 0.3) is 0 Å². The summed E-state index contributed by atoms with van der Waals surface area (Å²) in [6.45, 7) is -0.518. The highest BCUT2D eigenvalue weighted by Crippen LogP contribution is 2.38. The first-order valence-corrected chi connectivity index (χ1v) is 5.33. The van der Waals surface area contributed by atoms with E-state index in [9.17, 15) is 13.6 Å². The van der Waals surface area contributed by atoms with Gasteiger partial charge >= 0.3 is 6.03 Å². The van der Waals surface area contributed by atoms with Gasteiger partial charge < -0.3 is 20.3 Å². The van der Waals surface area contributed by atoms with Gasteiger partial charge in [0.1, 0.15) is 6.23 Å². The molecule has 2 heterocycles. The lowest BCUT2D eigenvalue weighted by molar-refractivity contribution is -0.145. The van der Waals surface area contributed by atoms with Crippen LogP contribution in [0.15, 0.2) is 0 Å². The van der Waals surface area contributed by atoms with Gasteiger partial charge in [0.2, 0.25) is 0 Å². The molecule has 2 saturated heterocycles. The molecule has 0 bridgehead atoms. The average Bonchev–Trinajstić information content (AvgIpc) is 2.54. The van der Waals surface area contributed by atoms with Crippen molar-refractivity contribution in [3.63, 3.8) is 0 Å². The predicted molar refractivity (Wildman–Crippen MR) is 51.2 cm³/mol. The molecule has 0 aliphatic carbocycles. The third kappa shape index (κ3) is 2.33. The predicted octanol–water partition coefficient (Wildman–Crippen LogP) is -0.537. The zero-order valence-corrected chi connectivity index (χ0v) is 8.97. The molecule has 17 heavy (non-hydrogen) atoms. The molecule has 2 aliphatic rings. The van der Waals surface area contributed by atoms with Crippen LogP contribution >= 0.6 is 0 Å². The number of nitrogens with one attached hydrogen (secondary N) is 1. The second-order valence-electron chi connectivity index (χ2n) is 4.21. The first kappa shape index (κ1) is 12.5. The largest absolute Gasteiger partial charge is 0.394 e. The molecule has 2 rings (SSSR count). The highest BCUT2D eigenvalue weighted by Gasteiger charge is 2.54. The van der Waals surface area contributed by atoms with E-state index < -0.39 is 43.5 Å². The van der Waals surface area contributed by atoms with E-state index in [4.69, 9.17) is 14.9 Å². The highest BCUT2D eigenvalue weighted by atomic mass is 19.3. The molecule has 3 N–H and O–H groups in total. The van der Waals surface area contributed by atoms with E-state index in [0.29, 0.717) is 0 Å². The molecule has 0 spiro atoms.